The molecule has 0 radical (unpaired) electrons. The van der Waals surface area contributed by atoms with Gasteiger partial charge in [0.05, 0.1) is 11.4 Å². The van der Waals surface area contributed by atoms with E-state index in [1.807, 2.05) is 5.38 Å². The highest BCUT2D eigenvalue weighted by Gasteiger charge is 2.19. The van der Waals surface area contributed by atoms with Crippen LogP contribution in [-0.4, -0.2) is 24.0 Å². The third-order valence-electron chi connectivity index (χ3n) is 2.37. The summed E-state index contributed by atoms with van der Waals surface area (Å²) in [6.07, 6.45) is 3.92. The summed E-state index contributed by atoms with van der Waals surface area (Å²) in [6, 6.07) is 0. The molecule has 0 saturated carbocycles. The monoisotopic (exact) mass is 211 g/mol. The lowest BCUT2D eigenvalue weighted by atomic mass is 10.0. The second kappa shape index (κ2) is 4.66. The maximum Gasteiger partial charge on any atom is 0.140 e. The van der Waals surface area contributed by atoms with Gasteiger partial charge in [-0.1, -0.05) is 0 Å². The van der Waals surface area contributed by atoms with Gasteiger partial charge in [0.1, 0.15) is 5.78 Å². The van der Waals surface area contributed by atoms with Gasteiger partial charge in [0.2, 0.25) is 0 Å². The first kappa shape index (κ1) is 9.80. The SMILES string of the molecule is O=C(Cc1nccs1)CC1CCOC1. The van der Waals surface area contributed by atoms with Crippen molar-refractivity contribution in [1.82, 2.24) is 4.98 Å². The van der Waals surface area contributed by atoms with Gasteiger partial charge in [0.25, 0.3) is 0 Å². The molecule has 0 N–H and O–H groups in total. The normalized spacial score (nSPS) is 21.3. The molecule has 1 aliphatic rings. The highest BCUT2D eigenvalue weighted by Crippen LogP contribution is 2.18. The molecule has 1 aliphatic heterocycles. The summed E-state index contributed by atoms with van der Waals surface area (Å²) >= 11 is 1.55. The first-order chi connectivity index (χ1) is 6.84. The van der Waals surface area contributed by atoms with Crippen molar-refractivity contribution in [2.24, 2.45) is 5.92 Å². The van der Waals surface area contributed by atoms with Crippen molar-refractivity contribution in [2.45, 2.75) is 19.3 Å². The Bertz CT molecular complexity index is 291. The lowest BCUT2D eigenvalue weighted by Gasteiger charge is -2.04. The van der Waals surface area contributed by atoms with Gasteiger partial charge in [-0.05, 0) is 12.3 Å². The predicted octanol–water partition coefficient (Wildman–Crippen LogP) is 1.68. The van der Waals surface area contributed by atoms with Crippen molar-refractivity contribution in [2.75, 3.05) is 13.2 Å². The van der Waals surface area contributed by atoms with Crippen molar-refractivity contribution >= 4 is 17.1 Å². The van der Waals surface area contributed by atoms with Crippen LogP contribution in [0.1, 0.15) is 17.8 Å². The van der Waals surface area contributed by atoms with Crippen molar-refractivity contribution in [1.29, 1.82) is 0 Å². The lowest BCUT2D eigenvalue weighted by Crippen LogP contribution is -2.10. The second-order valence-electron chi connectivity index (χ2n) is 3.58. The zero-order chi connectivity index (χ0) is 9.80. The van der Waals surface area contributed by atoms with Gasteiger partial charge in [-0.15, -0.1) is 11.3 Å². The molecule has 3 nitrogen and oxygen atoms in total. The Labute approximate surface area is 87.1 Å². The Balaban J connectivity index is 1.78. The zero-order valence-electron chi connectivity index (χ0n) is 7.94. The predicted molar refractivity (Wildman–Crippen MR) is 54.4 cm³/mol. The number of ether oxygens (including phenoxy) is 1. The number of hydrogen-bond acceptors (Lipinski definition) is 4. The molecule has 0 amide bonds. The second-order valence-corrected chi connectivity index (χ2v) is 4.55. The quantitative estimate of drug-likeness (QED) is 0.760. The van der Waals surface area contributed by atoms with Crippen molar-refractivity contribution in [3.63, 3.8) is 0 Å². The van der Waals surface area contributed by atoms with E-state index in [-0.39, 0.29) is 5.78 Å². The number of nitrogens with zero attached hydrogens (tertiary/aromatic N) is 1. The summed E-state index contributed by atoms with van der Waals surface area (Å²) < 4.78 is 5.23. The summed E-state index contributed by atoms with van der Waals surface area (Å²) in [5, 5.41) is 2.83. The van der Waals surface area contributed by atoms with Gasteiger partial charge in [-0.2, -0.15) is 0 Å². The van der Waals surface area contributed by atoms with Crippen LogP contribution in [0, 0.1) is 5.92 Å². The molecule has 1 fully saturated rings. The number of Topliss-reactive ketones (excluding diaryl/α,β-unsaturated/α-hetero) is 1. The molecule has 1 aromatic rings. The standard InChI is InChI=1S/C10H13NO2S/c12-9(5-8-1-3-13-7-8)6-10-11-2-4-14-10/h2,4,8H,1,3,5-7H2. The maximum atomic E-state index is 11.6. The fourth-order valence-electron chi connectivity index (χ4n) is 1.65. The molecule has 4 heteroatoms. The van der Waals surface area contributed by atoms with Crippen LogP contribution in [0.25, 0.3) is 0 Å². The van der Waals surface area contributed by atoms with E-state index < -0.39 is 0 Å². The van der Waals surface area contributed by atoms with E-state index in [9.17, 15) is 4.79 Å². The first-order valence-corrected chi connectivity index (χ1v) is 5.70. The number of rotatable bonds is 4. The van der Waals surface area contributed by atoms with Crippen LogP contribution in [-0.2, 0) is 16.0 Å². The molecular formula is C10H13NO2S. The number of carbonyl (C=O) groups excluding carboxylic acids is 1. The number of aromatic nitrogens is 1. The highest BCUT2D eigenvalue weighted by molar-refractivity contribution is 7.09. The van der Waals surface area contributed by atoms with Crippen molar-refractivity contribution in [3.8, 4) is 0 Å². The molecule has 0 bridgehead atoms. The third-order valence-corrected chi connectivity index (χ3v) is 3.15. The molecule has 2 rings (SSSR count). The minimum absolute atomic E-state index is 0.287. The van der Waals surface area contributed by atoms with Gasteiger partial charge < -0.3 is 4.74 Å². The zero-order valence-corrected chi connectivity index (χ0v) is 8.76. The lowest BCUT2D eigenvalue weighted by molar-refractivity contribution is -0.119. The third kappa shape index (κ3) is 2.62. The van der Waals surface area contributed by atoms with E-state index in [0.29, 0.717) is 18.8 Å². The van der Waals surface area contributed by atoms with Crippen LogP contribution in [0.15, 0.2) is 11.6 Å². The van der Waals surface area contributed by atoms with Gasteiger partial charge >= 0.3 is 0 Å². The molecule has 76 valence electrons. The molecule has 0 aliphatic carbocycles. The Morgan fingerprint density at radius 1 is 1.71 bits per heavy atom. The Morgan fingerprint density at radius 2 is 2.64 bits per heavy atom. The molecule has 1 unspecified atom stereocenters. The number of ketones is 1. The summed E-state index contributed by atoms with van der Waals surface area (Å²) in [6.45, 7) is 1.57. The van der Waals surface area contributed by atoms with Gasteiger partial charge in [0.15, 0.2) is 0 Å². The minimum atomic E-state index is 0.287. The minimum Gasteiger partial charge on any atom is -0.381 e. The highest BCUT2D eigenvalue weighted by atomic mass is 32.1. The van der Waals surface area contributed by atoms with Gasteiger partial charge in [-0.25, -0.2) is 4.98 Å². The van der Waals surface area contributed by atoms with Crippen molar-refractivity contribution in [3.05, 3.63) is 16.6 Å². The average Bonchev–Trinajstić information content (AvgIpc) is 2.76. The topological polar surface area (TPSA) is 39.2 Å². The number of carbonyl (C=O) groups is 1. The van der Waals surface area contributed by atoms with Gasteiger partial charge in [0, 0.05) is 31.2 Å². The smallest absolute Gasteiger partial charge is 0.140 e. The fraction of sp³-hybridized carbons (Fsp3) is 0.600. The van der Waals surface area contributed by atoms with E-state index >= 15 is 0 Å². The summed E-state index contributed by atoms with van der Waals surface area (Å²) in [7, 11) is 0. The molecule has 2 heterocycles. The van der Waals surface area contributed by atoms with Crippen LogP contribution >= 0.6 is 11.3 Å². The van der Waals surface area contributed by atoms with E-state index in [4.69, 9.17) is 4.74 Å². The van der Waals surface area contributed by atoms with E-state index in [2.05, 4.69) is 4.98 Å². The largest absolute Gasteiger partial charge is 0.381 e. The summed E-state index contributed by atoms with van der Waals surface area (Å²) in [4.78, 5) is 15.7. The Hall–Kier alpha value is -0.740. The Morgan fingerprint density at radius 3 is 3.29 bits per heavy atom. The van der Waals surface area contributed by atoms with Crippen LogP contribution in [0.3, 0.4) is 0 Å². The summed E-state index contributed by atoms with van der Waals surface area (Å²) in [5.74, 6) is 0.734. The molecule has 0 aromatic carbocycles. The van der Waals surface area contributed by atoms with Crippen LogP contribution in [0.4, 0.5) is 0 Å². The molecule has 1 saturated heterocycles. The van der Waals surface area contributed by atoms with Gasteiger partial charge in [-0.3, -0.25) is 4.79 Å². The van der Waals surface area contributed by atoms with E-state index in [0.717, 1.165) is 24.6 Å². The number of hydrogen-bond donors (Lipinski definition) is 0. The van der Waals surface area contributed by atoms with Crippen LogP contribution in [0.2, 0.25) is 0 Å². The molecule has 14 heavy (non-hydrogen) atoms. The molecule has 1 atom stereocenters. The number of thiazole rings is 1. The van der Waals surface area contributed by atoms with Crippen LogP contribution in [0.5, 0.6) is 0 Å². The summed E-state index contributed by atoms with van der Waals surface area (Å²) in [5.41, 5.74) is 0. The van der Waals surface area contributed by atoms with E-state index in [1.165, 1.54) is 0 Å². The molecule has 0 spiro atoms. The Kier molecular flexibility index (Phi) is 3.26. The fourth-order valence-corrected chi connectivity index (χ4v) is 2.29. The first-order valence-electron chi connectivity index (χ1n) is 4.82. The van der Waals surface area contributed by atoms with Crippen LogP contribution < -0.4 is 0 Å². The van der Waals surface area contributed by atoms with Crippen molar-refractivity contribution < 1.29 is 9.53 Å². The van der Waals surface area contributed by atoms with E-state index in [1.54, 1.807) is 17.5 Å². The molecular weight excluding hydrogens is 198 g/mol. The maximum absolute atomic E-state index is 11.6. The molecule has 1 aromatic heterocycles. The average molecular weight is 211 g/mol.